The van der Waals surface area contributed by atoms with E-state index in [4.69, 9.17) is 26.2 Å². The van der Waals surface area contributed by atoms with E-state index in [0.717, 1.165) is 12.1 Å². The summed E-state index contributed by atoms with van der Waals surface area (Å²) in [7, 11) is 1.43. The Balaban J connectivity index is 1.73. The molecule has 36 heavy (non-hydrogen) atoms. The van der Waals surface area contributed by atoms with E-state index in [-0.39, 0.29) is 31.8 Å². The molecule has 0 radical (unpaired) electrons. The number of anilines is 1. The Morgan fingerprint density at radius 3 is 2.53 bits per heavy atom. The Bertz CT molecular complexity index is 1230. The predicted molar refractivity (Wildman–Crippen MR) is 131 cm³/mol. The molecule has 0 saturated heterocycles. The van der Waals surface area contributed by atoms with Gasteiger partial charge in [-0.25, -0.2) is 18.4 Å². The molecular formula is C25H24ClF2N3O5. The SMILES string of the molecule is COc1cc(CN(CCNC(=O)O)C(=O)Nc2ccccc2Cl)ccc1OCc1ccc(F)cc1F. The quantitative estimate of drug-likeness (QED) is 0.328. The predicted octanol–water partition coefficient (Wildman–Crippen LogP) is 5.51. The van der Waals surface area contributed by atoms with Gasteiger partial charge >= 0.3 is 12.1 Å². The van der Waals surface area contributed by atoms with Gasteiger partial charge in [0.05, 0.1) is 17.8 Å². The van der Waals surface area contributed by atoms with Crippen LogP contribution in [0.15, 0.2) is 60.7 Å². The smallest absolute Gasteiger partial charge is 0.404 e. The lowest BCUT2D eigenvalue weighted by Crippen LogP contribution is -2.40. The van der Waals surface area contributed by atoms with Crippen molar-refractivity contribution in [3.63, 3.8) is 0 Å². The highest BCUT2D eigenvalue weighted by Gasteiger charge is 2.17. The monoisotopic (exact) mass is 519 g/mol. The second kappa shape index (κ2) is 12.6. The number of halogens is 3. The zero-order valence-electron chi connectivity index (χ0n) is 19.3. The van der Waals surface area contributed by atoms with E-state index >= 15 is 0 Å². The van der Waals surface area contributed by atoms with Crippen LogP contribution in [0.25, 0.3) is 0 Å². The van der Waals surface area contributed by atoms with Crippen LogP contribution in [0.1, 0.15) is 11.1 Å². The van der Waals surface area contributed by atoms with Gasteiger partial charge in [-0.1, -0.05) is 29.8 Å². The van der Waals surface area contributed by atoms with E-state index in [1.165, 1.54) is 18.1 Å². The Hall–Kier alpha value is -4.05. The standard InChI is InChI=1S/C25H24ClF2N3O5/c1-35-23-12-16(6-9-22(23)36-15-17-7-8-18(27)13-20(17)28)14-31(11-10-29-25(33)34)24(32)30-21-5-3-2-4-19(21)26/h2-9,12-13,29H,10-11,14-15H2,1H3,(H,30,32)(H,33,34). The maximum atomic E-state index is 13.9. The van der Waals surface area contributed by atoms with Gasteiger partial charge in [0.15, 0.2) is 11.5 Å². The molecule has 0 heterocycles. The number of nitrogens with zero attached hydrogens (tertiary/aromatic N) is 1. The van der Waals surface area contributed by atoms with Crippen LogP contribution in [-0.4, -0.2) is 42.3 Å². The minimum absolute atomic E-state index is 0.00678. The molecule has 11 heteroatoms. The van der Waals surface area contributed by atoms with Gasteiger partial charge in [-0.05, 0) is 42.0 Å². The maximum absolute atomic E-state index is 13.9. The van der Waals surface area contributed by atoms with Gasteiger partial charge in [0.25, 0.3) is 0 Å². The van der Waals surface area contributed by atoms with E-state index in [2.05, 4.69) is 10.6 Å². The molecule has 0 fully saturated rings. The minimum Gasteiger partial charge on any atom is -0.493 e. The number of urea groups is 1. The number of hydrogen-bond donors (Lipinski definition) is 3. The second-order valence-electron chi connectivity index (χ2n) is 7.57. The Kier molecular flexibility index (Phi) is 9.29. The van der Waals surface area contributed by atoms with Crippen molar-refractivity contribution in [2.45, 2.75) is 13.2 Å². The molecule has 3 aromatic rings. The molecule has 3 N–H and O–H groups in total. The topological polar surface area (TPSA) is 100 Å². The van der Waals surface area contributed by atoms with Crippen molar-refractivity contribution in [2.24, 2.45) is 0 Å². The highest BCUT2D eigenvalue weighted by atomic mass is 35.5. The average molecular weight is 520 g/mol. The fourth-order valence-corrected chi connectivity index (χ4v) is 3.43. The molecule has 0 aliphatic carbocycles. The van der Waals surface area contributed by atoms with Crippen LogP contribution < -0.4 is 20.1 Å². The van der Waals surface area contributed by atoms with Crippen LogP contribution >= 0.6 is 11.6 Å². The highest BCUT2D eigenvalue weighted by Crippen LogP contribution is 2.30. The minimum atomic E-state index is -1.21. The normalized spacial score (nSPS) is 10.4. The van der Waals surface area contributed by atoms with Crippen LogP contribution in [0, 0.1) is 11.6 Å². The van der Waals surface area contributed by atoms with Gasteiger partial charge in [0.2, 0.25) is 0 Å². The number of nitrogens with one attached hydrogen (secondary N) is 2. The largest absolute Gasteiger partial charge is 0.493 e. The fraction of sp³-hybridized carbons (Fsp3) is 0.200. The summed E-state index contributed by atoms with van der Waals surface area (Å²) in [5.41, 5.74) is 1.25. The summed E-state index contributed by atoms with van der Waals surface area (Å²) in [6, 6.07) is 14.4. The summed E-state index contributed by atoms with van der Waals surface area (Å²) in [4.78, 5) is 25.2. The molecule has 0 aliphatic rings. The molecule has 0 unspecified atom stereocenters. The number of ether oxygens (including phenoxy) is 2. The van der Waals surface area contributed by atoms with Crippen molar-refractivity contribution in [2.75, 3.05) is 25.5 Å². The third-order valence-corrected chi connectivity index (χ3v) is 5.39. The number of hydrogen-bond acceptors (Lipinski definition) is 4. The first-order valence-corrected chi connectivity index (χ1v) is 11.2. The van der Waals surface area contributed by atoms with Crippen LogP contribution in [0.3, 0.4) is 0 Å². The lowest BCUT2D eigenvalue weighted by atomic mass is 10.2. The van der Waals surface area contributed by atoms with Gasteiger partial charge in [-0.15, -0.1) is 0 Å². The van der Waals surface area contributed by atoms with Gasteiger partial charge in [-0.2, -0.15) is 0 Å². The van der Waals surface area contributed by atoms with Crippen molar-refractivity contribution >= 4 is 29.4 Å². The molecule has 3 amide bonds. The molecular weight excluding hydrogens is 496 g/mol. The van der Waals surface area contributed by atoms with E-state index in [1.807, 2.05) is 0 Å². The summed E-state index contributed by atoms with van der Waals surface area (Å²) in [6.45, 7) is 0.0513. The number of methoxy groups -OCH3 is 1. The van der Waals surface area contributed by atoms with Gasteiger partial charge in [-0.3, -0.25) is 0 Å². The van der Waals surface area contributed by atoms with Gasteiger partial charge < -0.3 is 30.1 Å². The van der Waals surface area contributed by atoms with Crippen molar-refractivity contribution < 1.29 is 33.0 Å². The van der Waals surface area contributed by atoms with Crippen LogP contribution in [0.5, 0.6) is 11.5 Å². The first-order chi connectivity index (χ1) is 17.3. The molecule has 0 aromatic heterocycles. The number of rotatable bonds is 10. The first kappa shape index (κ1) is 26.6. The van der Waals surface area contributed by atoms with Crippen LogP contribution in [0.4, 0.5) is 24.1 Å². The van der Waals surface area contributed by atoms with E-state index < -0.39 is 23.8 Å². The molecule has 0 aliphatic heterocycles. The number of benzene rings is 3. The maximum Gasteiger partial charge on any atom is 0.404 e. The Morgan fingerprint density at radius 1 is 1.06 bits per heavy atom. The number of carbonyl (C=O) groups is 2. The third kappa shape index (κ3) is 7.47. The molecule has 0 saturated carbocycles. The summed E-state index contributed by atoms with van der Waals surface area (Å²) in [5, 5.41) is 14.2. The highest BCUT2D eigenvalue weighted by molar-refractivity contribution is 6.33. The number of amides is 3. The van der Waals surface area contributed by atoms with Crippen molar-refractivity contribution in [3.8, 4) is 11.5 Å². The number of carbonyl (C=O) groups excluding carboxylic acids is 1. The van der Waals surface area contributed by atoms with Crippen LogP contribution in [0.2, 0.25) is 5.02 Å². The fourth-order valence-electron chi connectivity index (χ4n) is 3.25. The van der Waals surface area contributed by atoms with Crippen molar-refractivity contribution in [1.82, 2.24) is 10.2 Å². The molecule has 0 bridgehead atoms. The summed E-state index contributed by atoms with van der Waals surface area (Å²) in [6.07, 6.45) is -1.21. The van der Waals surface area contributed by atoms with Gasteiger partial charge in [0, 0.05) is 31.3 Å². The molecule has 190 valence electrons. The Labute approximate surface area is 211 Å². The average Bonchev–Trinajstić information content (AvgIpc) is 2.84. The van der Waals surface area contributed by atoms with Gasteiger partial charge in [0.1, 0.15) is 18.2 Å². The summed E-state index contributed by atoms with van der Waals surface area (Å²) in [5.74, 6) is -0.740. The second-order valence-corrected chi connectivity index (χ2v) is 7.98. The lowest BCUT2D eigenvalue weighted by molar-refractivity contribution is 0.188. The van der Waals surface area contributed by atoms with E-state index in [1.54, 1.807) is 42.5 Å². The number of carboxylic acid groups (broad SMARTS) is 1. The number of para-hydroxylation sites is 1. The zero-order chi connectivity index (χ0) is 26.1. The summed E-state index contributed by atoms with van der Waals surface area (Å²) < 4.78 is 38.1. The van der Waals surface area contributed by atoms with Crippen LogP contribution in [-0.2, 0) is 13.2 Å². The van der Waals surface area contributed by atoms with Crippen molar-refractivity contribution in [1.29, 1.82) is 0 Å². The molecule has 3 aromatic carbocycles. The molecule has 0 spiro atoms. The molecule has 0 atom stereocenters. The molecule has 3 rings (SSSR count). The summed E-state index contributed by atoms with van der Waals surface area (Å²) >= 11 is 6.13. The zero-order valence-corrected chi connectivity index (χ0v) is 20.0. The Morgan fingerprint density at radius 2 is 1.83 bits per heavy atom. The molecule has 8 nitrogen and oxygen atoms in total. The lowest BCUT2D eigenvalue weighted by Gasteiger charge is -2.24. The van der Waals surface area contributed by atoms with E-state index in [9.17, 15) is 18.4 Å². The van der Waals surface area contributed by atoms with E-state index in [0.29, 0.717) is 27.8 Å². The van der Waals surface area contributed by atoms with Crippen molar-refractivity contribution in [3.05, 3.63) is 88.4 Å². The first-order valence-electron chi connectivity index (χ1n) is 10.8. The third-order valence-electron chi connectivity index (χ3n) is 5.06.